The third-order valence-electron chi connectivity index (χ3n) is 2.72. The first-order valence-corrected chi connectivity index (χ1v) is 6.11. The van der Waals surface area contributed by atoms with Crippen molar-refractivity contribution in [1.82, 2.24) is 4.98 Å². The second-order valence-corrected chi connectivity index (χ2v) is 5.10. The molecule has 0 unspecified atom stereocenters. The minimum absolute atomic E-state index is 0.413. The van der Waals surface area contributed by atoms with E-state index in [4.69, 9.17) is 0 Å². The molecule has 0 radical (unpaired) electrons. The number of fused-ring (bicyclic) bond motifs is 1. The van der Waals surface area contributed by atoms with Crippen molar-refractivity contribution in [2.45, 2.75) is 25.3 Å². The fourth-order valence-corrected chi connectivity index (χ4v) is 2.91. The van der Waals surface area contributed by atoms with E-state index < -0.39 is 0 Å². The van der Waals surface area contributed by atoms with Gasteiger partial charge in [-0.05, 0) is 30.5 Å². The fourth-order valence-electron chi connectivity index (χ4n) is 1.71. The molecule has 2 aromatic rings. The molecule has 1 fully saturated rings. The van der Waals surface area contributed by atoms with E-state index in [0.29, 0.717) is 12.5 Å². The van der Waals surface area contributed by atoms with Gasteiger partial charge in [-0.3, -0.25) is 0 Å². The van der Waals surface area contributed by atoms with Gasteiger partial charge in [0.05, 0.1) is 21.8 Å². The summed E-state index contributed by atoms with van der Waals surface area (Å²) in [7, 11) is 0. The highest BCUT2D eigenvalue weighted by Gasteiger charge is 2.26. The first kappa shape index (κ1) is 9.70. The van der Waals surface area contributed by atoms with E-state index in [1.165, 1.54) is 22.5 Å². The second-order valence-electron chi connectivity index (χ2n) is 4.04. The number of isocyanates is 1. The number of aliphatic imine (C=N–C) groups is 1. The third kappa shape index (κ3) is 1.77. The van der Waals surface area contributed by atoms with Crippen LogP contribution in [0, 0.1) is 0 Å². The van der Waals surface area contributed by atoms with Gasteiger partial charge in [-0.1, -0.05) is 6.07 Å². The Morgan fingerprint density at radius 2 is 2.38 bits per heavy atom. The van der Waals surface area contributed by atoms with Gasteiger partial charge in [0.25, 0.3) is 0 Å². The maximum absolute atomic E-state index is 10.0. The Morgan fingerprint density at radius 3 is 3.12 bits per heavy atom. The summed E-state index contributed by atoms with van der Waals surface area (Å²) in [5.41, 5.74) is 2.10. The summed E-state index contributed by atoms with van der Waals surface area (Å²) in [6.45, 7) is 0.413. The summed E-state index contributed by atoms with van der Waals surface area (Å²) in [4.78, 5) is 18.2. The van der Waals surface area contributed by atoms with Crippen LogP contribution in [0.4, 0.5) is 0 Å². The van der Waals surface area contributed by atoms with E-state index in [1.54, 1.807) is 17.4 Å². The molecule has 0 atom stereocenters. The summed E-state index contributed by atoms with van der Waals surface area (Å²) >= 11 is 1.76. The lowest BCUT2D eigenvalue weighted by atomic mass is 10.2. The Kier molecular flexibility index (Phi) is 2.31. The maximum atomic E-state index is 10.0. The van der Waals surface area contributed by atoms with E-state index in [2.05, 4.69) is 16.0 Å². The normalized spacial score (nSPS) is 15.0. The molecule has 1 aromatic heterocycles. The van der Waals surface area contributed by atoms with Crippen molar-refractivity contribution in [3.8, 4) is 0 Å². The van der Waals surface area contributed by atoms with Gasteiger partial charge in [0, 0.05) is 5.92 Å². The van der Waals surface area contributed by atoms with Gasteiger partial charge in [-0.2, -0.15) is 0 Å². The average Bonchev–Trinajstić information content (AvgIpc) is 3.06. The van der Waals surface area contributed by atoms with Crippen molar-refractivity contribution in [2.75, 3.05) is 0 Å². The molecule has 0 amide bonds. The number of aromatic nitrogens is 1. The molecule has 1 heterocycles. The van der Waals surface area contributed by atoms with Crippen LogP contribution >= 0.6 is 11.3 Å². The largest absolute Gasteiger partial charge is 0.241 e. The minimum Gasteiger partial charge on any atom is -0.241 e. The molecule has 3 nitrogen and oxygen atoms in total. The number of nitrogens with zero attached hydrogens (tertiary/aromatic N) is 2. The fraction of sp³-hybridized carbons (Fsp3) is 0.333. The standard InChI is InChI=1S/C12H10N2OS/c15-7-13-6-8-1-4-10-11(5-8)16-12(14-10)9-2-3-9/h1,4-5,9H,2-3,6H2. The number of hydrogen-bond donors (Lipinski definition) is 0. The van der Waals surface area contributed by atoms with Gasteiger partial charge in [-0.15, -0.1) is 11.3 Å². The molecule has 16 heavy (non-hydrogen) atoms. The second kappa shape index (κ2) is 3.81. The van der Waals surface area contributed by atoms with Crippen molar-refractivity contribution in [2.24, 2.45) is 4.99 Å². The summed E-state index contributed by atoms with van der Waals surface area (Å²) in [5, 5.41) is 1.26. The minimum atomic E-state index is 0.413. The Bertz CT molecular complexity index is 580. The number of rotatable bonds is 3. The molecule has 0 N–H and O–H groups in total. The van der Waals surface area contributed by atoms with E-state index >= 15 is 0 Å². The first-order chi connectivity index (χ1) is 7.86. The zero-order chi connectivity index (χ0) is 11.0. The molecule has 0 aliphatic heterocycles. The summed E-state index contributed by atoms with van der Waals surface area (Å²) in [6.07, 6.45) is 4.12. The van der Waals surface area contributed by atoms with Gasteiger partial charge < -0.3 is 0 Å². The van der Waals surface area contributed by atoms with Crippen LogP contribution in [0.15, 0.2) is 23.2 Å². The quantitative estimate of drug-likeness (QED) is 0.601. The summed E-state index contributed by atoms with van der Waals surface area (Å²) < 4.78 is 1.19. The van der Waals surface area contributed by atoms with Crippen LogP contribution < -0.4 is 0 Å². The molecule has 1 saturated carbocycles. The molecule has 0 spiro atoms. The van der Waals surface area contributed by atoms with Crippen LogP contribution in [0.5, 0.6) is 0 Å². The molecular formula is C12H10N2OS. The van der Waals surface area contributed by atoms with Crippen LogP contribution in [0.2, 0.25) is 0 Å². The van der Waals surface area contributed by atoms with Crippen molar-refractivity contribution in [3.05, 3.63) is 28.8 Å². The van der Waals surface area contributed by atoms with Gasteiger partial charge in [0.15, 0.2) is 0 Å². The highest BCUT2D eigenvalue weighted by atomic mass is 32.1. The highest BCUT2D eigenvalue weighted by Crippen LogP contribution is 2.43. The summed E-state index contributed by atoms with van der Waals surface area (Å²) in [5.74, 6) is 0.703. The Labute approximate surface area is 96.8 Å². The topological polar surface area (TPSA) is 42.3 Å². The number of benzene rings is 1. The molecule has 1 aromatic carbocycles. The number of carbonyl (C=O) groups excluding carboxylic acids is 1. The van der Waals surface area contributed by atoms with E-state index in [-0.39, 0.29) is 0 Å². The zero-order valence-electron chi connectivity index (χ0n) is 8.64. The van der Waals surface area contributed by atoms with Gasteiger partial charge in [0.1, 0.15) is 0 Å². The lowest BCUT2D eigenvalue weighted by Gasteiger charge is -1.93. The highest BCUT2D eigenvalue weighted by molar-refractivity contribution is 7.18. The molecule has 4 heteroatoms. The first-order valence-electron chi connectivity index (χ1n) is 5.30. The molecular weight excluding hydrogens is 220 g/mol. The molecule has 3 rings (SSSR count). The van der Waals surface area contributed by atoms with Gasteiger partial charge >= 0.3 is 0 Å². The van der Waals surface area contributed by atoms with Crippen LogP contribution in [-0.2, 0) is 11.3 Å². The van der Waals surface area contributed by atoms with E-state index in [1.807, 2.05) is 12.1 Å². The van der Waals surface area contributed by atoms with Crippen molar-refractivity contribution < 1.29 is 4.79 Å². The zero-order valence-corrected chi connectivity index (χ0v) is 9.46. The monoisotopic (exact) mass is 230 g/mol. The number of hydrogen-bond acceptors (Lipinski definition) is 4. The molecule has 1 aliphatic carbocycles. The van der Waals surface area contributed by atoms with Gasteiger partial charge in [-0.25, -0.2) is 14.8 Å². The van der Waals surface area contributed by atoms with Crippen LogP contribution in [-0.4, -0.2) is 11.1 Å². The summed E-state index contributed by atoms with van der Waals surface area (Å²) in [6, 6.07) is 6.05. The van der Waals surface area contributed by atoms with Crippen molar-refractivity contribution in [3.63, 3.8) is 0 Å². The predicted octanol–water partition coefficient (Wildman–Crippen LogP) is 3.01. The molecule has 1 aliphatic rings. The van der Waals surface area contributed by atoms with Crippen molar-refractivity contribution in [1.29, 1.82) is 0 Å². The Balaban J connectivity index is 1.99. The third-order valence-corrected chi connectivity index (χ3v) is 3.90. The van der Waals surface area contributed by atoms with Gasteiger partial charge in [0.2, 0.25) is 6.08 Å². The smallest absolute Gasteiger partial charge is 0.235 e. The lowest BCUT2D eigenvalue weighted by molar-refractivity contribution is 0.563. The van der Waals surface area contributed by atoms with E-state index in [0.717, 1.165) is 11.1 Å². The van der Waals surface area contributed by atoms with Crippen LogP contribution in [0.25, 0.3) is 10.2 Å². The SMILES string of the molecule is O=C=NCc1ccc2nc(C3CC3)sc2c1. The van der Waals surface area contributed by atoms with Crippen LogP contribution in [0.1, 0.15) is 29.3 Å². The predicted molar refractivity (Wildman–Crippen MR) is 63.4 cm³/mol. The lowest BCUT2D eigenvalue weighted by Crippen LogP contribution is -1.79. The molecule has 0 saturated heterocycles. The van der Waals surface area contributed by atoms with E-state index in [9.17, 15) is 4.79 Å². The van der Waals surface area contributed by atoms with Crippen molar-refractivity contribution >= 4 is 27.6 Å². The Morgan fingerprint density at radius 1 is 1.50 bits per heavy atom. The number of thiazole rings is 1. The molecule has 0 bridgehead atoms. The maximum Gasteiger partial charge on any atom is 0.235 e. The average molecular weight is 230 g/mol. The molecule has 80 valence electrons. The Hall–Kier alpha value is -1.51. The van der Waals surface area contributed by atoms with Crippen LogP contribution in [0.3, 0.4) is 0 Å².